The van der Waals surface area contributed by atoms with Gasteiger partial charge in [0.05, 0.1) is 11.1 Å². The van der Waals surface area contributed by atoms with Gasteiger partial charge in [-0.25, -0.2) is 0 Å². The first kappa shape index (κ1) is 8.00. The fraction of sp³-hybridized carbons (Fsp3) is 0.333. The summed E-state index contributed by atoms with van der Waals surface area (Å²) in [6.45, 7) is 0. The van der Waals surface area contributed by atoms with Gasteiger partial charge in [0.1, 0.15) is 13.6 Å². The molecular formula is C9H8BClO. The van der Waals surface area contributed by atoms with Gasteiger partial charge in [-0.2, -0.15) is 0 Å². The highest BCUT2D eigenvalue weighted by molar-refractivity contribution is 6.37. The van der Waals surface area contributed by atoms with E-state index in [9.17, 15) is 0 Å². The summed E-state index contributed by atoms with van der Waals surface area (Å²) in [5.41, 5.74) is 0.670. The van der Waals surface area contributed by atoms with Gasteiger partial charge in [-0.3, -0.25) is 0 Å². The highest BCUT2D eigenvalue weighted by Gasteiger charge is 2.24. The van der Waals surface area contributed by atoms with E-state index < -0.39 is 0 Å². The lowest BCUT2D eigenvalue weighted by atomic mass is 9.97. The minimum absolute atomic E-state index is 0.381. The van der Waals surface area contributed by atoms with Crippen LogP contribution in [0.5, 0.6) is 5.75 Å². The van der Waals surface area contributed by atoms with Crippen molar-refractivity contribution >= 4 is 24.9 Å². The van der Waals surface area contributed by atoms with E-state index in [0.29, 0.717) is 16.6 Å². The van der Waals surface area contributed by atoms with E-state index in [0.717, 1.165) is 18.6 Å². The molecular weight excluding hydrogens is 170 g/mol. The molecule has 0 heterocycles. The zero-order valence-corrected chi connectivity index (χ0v) is 7.34. The molecule has 3 heteroatoms. The predicted octanol–water partition coefficient (Wildman–Crippen LogP) is 1.68. The van der Waals surface area contributed by atoms with E-state index in [4.69, 9.17) is 24.2 Å². The van der Waals surface area contributed by atoms with Gasteiger partial charge < -0.3 is 4.74 Å². The molecule has 0 unspecified atom stereocenters. The molecule has 1 aromatic carbocycles. The van der Waals surface area contributed by atoms with Crippen LogP contribution in [0.25, 0.3) is 0 Å². The van der Waals surface area contributed by atoms with E-state index in [1.165, 1.54) is 0 Å². The number of halogens is 1. The standard InChI is InChI=1S/C9H8BClO/c10-6-1-4-9(8(11)5-6)12-7-2-3-7/h1,4-5,7H,2-3H2. The molecule has 0 spiro atoms. The Morgan fingerprint density at radius 3 is 2.75 bits per heavy atom. The Morgan fingerprint density at radius 2 is 2.17 bits per heavy atom. The number of hydrogen-bond donors (Lipinski definition) is 0. The molecule has 1 fully saturated rings. The second kappa shape index (κ2) is 3.02. The summed E-state index contributed by atoms with van der Waals surface area (Å²) in [6.07, 6.45) is 2.66. The lowest BCUT2D eigenvalue weighted by Crippen LogP contribution is -2.03. The molecule has 2 rings (SSSR count). The molecule has 1 aliphatic rings. The van der Waals surface area contributed by atoms with Crippen molar-refractivity contribution in [1.29, 1.82) is 0 Å². The molecule has 0 atom stereocenters. The molecule has 0 aromatic heterocycles. The van der Waals surface area contributed by atoms with Gasteiger partial charge in [-0.05, 0) is 25.0 Å². The minimum Gasteiger partial charge on any atom is -0.489 e. The quantitative estimate of drug-likeness (QED) is 0.626. The Balaban J connectivity index is 2.18. The smallest absolute Gasteiger partial charge is 0.138 e. The first-order valence-electron chi connectivity index (χ1n) is 3.97. The first-order chi connectivity index (χ1) is 5.75. The molecule has 1 saturated carbocycles. The fourth-order valence-corrected chi connectivity index (χ4v) is 1.21. The van der Waals surface area contributed by atoms with Crippen LogP contribution in [0.4, 0.5) is 0 Å². The van der Waals surface area contributed by atoms with Crippen LogP contribution < -0.4 is 10.2 Å². The second-order valence-corrected chi connectivity index (χ2v) is 3.41. The number of hydrogen-bond acceptors (Lipinski definition) is 1. The third-order valence-corrected chi connectivity index (χ3v) is 2.07. The van der Waals surface area contributed by atoms with E-state index in [1.807, 2.05) is 6.07 Å². The Morgan fingerprint density at radius 1 is 1.42 bits per heavy atom. The summed E-state index contributed by atoms with van der Waals surface area (Å²) in [7, 11) is 5.53. The van der Waals surface area contributed by atoms with Crippen LogP contribution in [0.1, 0.15) is 12.8 Å². The monoisotopic (exact) mass is 178 g/mol. The molecule has 0 saturated heterocycles. The average Bonchev–Trinajstić information content (AvgIpc) is 2.79. The van der Waals surface area contributed by atoms with Gasteiger partial charge in [-0.15, -0.1) is 0 Å². The van der Waals surface area contributed by atoms with Crippen LogP contribution in [0.15, 0.2) is 18.2 Å². The van der Waals surface area contributed by atoms with Crippen molar-refractivity contribution in [2.45, 2.75) is 18.9 Å². The molecule has 2 radical (unpaired) electrons. The van der Waals surface area contributed by atoms with Crippen LogP contribution in [0.2, 0.25) is 5.02 Å². The highest BCUT2D eigenvalue weighted by atomic mass is 35.5. The van der Waals surface area contributed by atoms with Crippen molar-refractivity contribution in [3.63, 3.8) is 0 Å². The van der Waals surface area contributed by atoms with Crippen LogP contribution in [-0.4, -0.2) is 14.0 Å². The van der Waals surface area contributed by atoms with E-state index in [1.54, 1.807) is 12.1 Å². The average molecular weight is 178 g/mol. The van der Waals surface area contributed by atoms with Crippen LogP contribution in [0.3, 0.4) is 0 Å². The maximum Gasteiger partial charge on any atom is 0.138 e. The van der Waals surface area contributed by atoms with E-state index in [2.05, 4.69) is 0 Å². The summed E-state index contributed by atoms with van der Waals surface area (Å²) in [5, 5.41) is 0.599. The molecule has 12 heavy (non-hydrogen) atoms. The summed E-state index contributed by atoms with van der Waals surface area (Å²) < 4.78 is 5.52. The van der Waals surface area contributed by atoms with E-state index >= 15 is 0 Å². The van der Waals surface area contributed by atoms with E-state index in [-0.39, 0.29) is 0 Å². The SMILES string of the molecule is [B]c1ccc(OC2CC2)c(Cl)c1. The fourth-order valence-electron chi connectivity index (χ4n) is 0.978. The normalized spacial score (nSPS) is 16.1. The largest absolute Gasteiger partial charge is 0.489 e. The van der Waals surface area contributed by atoms with Gasteiger partial charge in [0.2, 0.25) is 0 Å². The van der Waals surface area contributed by atoms with Gasteiger partial charge in [0.25, 0.3) is 0 Å². The van der Waals surface area contributed by atoms with Crippen LogP contribution >= 0.6 is 11.6 Å². The van der Waals surface area contributed by atoms with Crippen molar-refractivity contribution in [3.8, 4) is 5.75 Å². The third-order valence-electron chi connectivity index (χ3n) is 1.77. The molecule has 0 aliphatic heterocycles. The maximum absolute atomic E-state index is 5.90. The third kappa shape index (κ3) is 1.75. The maximum atomic E-state index is 5.90. The van der Waals surface area contributed by atoms with Crippen molar-refractivity contribution in [2.24, 2.45) is 0 Å². The Bertz CT molecular complexity index is 297. The summed E-state index contributed by atoms with van der Waals surface area (Å²) in [5.74, 6) is 0.744. The predicted molar refractivity (Wildman–Crippen MR) is 50.5 cm³/mol. The zero-order valence-electron chi connectivity index (χ0n) is 6.59. The Labute approximate surface area is 78.1 Å². The van der Waals surface area contributed by atoms with Crippen molar-refractivity contribution in [3.05, 3.63) is 23.2 Å². The number of rotatable bonds is 2. The Hall–Kier alpha value is -0.625. The van der Waals surface area contributed by atoms with Crippen molar-refractivity contribution in [2.75, 3.05) is 0 Å². The summed E-state index contributed by atoms with van der Waals surface area (Å²) in [6, 6.07) is 5.32. The number of ether oxygens (including phenoxy) is 1. The summed E-state index contributed by atoms with van der Waals surface area (Å²) in [4.78, 5) is 0. The van der Waals surface area contributed by atoms with Gasteiger partial charge in [0.15, 0.2) is 0 Å². The number of benzene rings is 1. The topological polar surface area (TPSA) is 9.23 Å². The van der Waals surface area contributed by atoms with Crippen LogP contribution in [-0.2, 0) is 0 Å². The molecule has 60 valence electrons. The van der Waals surface area contributed by atoms with Gasteiger partial charge in [-0.1, -0.05) is 23.1 Å². The van der Waals surface area contributed by atoms with Crippen molar-refractivity contribution in [1.82, 2.24) is 0 Å². The lowest BCUT2D eigenvalue weighted by molar-refractivity contribution is 0.303. The summed E-state index contributed by atoms with van der Waals surface area (Å²) >= 11 is 5.90. The lowest BCUT2D eigenvalue weighted by Gasteiger charge is -2.06. The molecule has 1 nitrogen and oxygen atoms in total. The molecule has 1 aliphatic carbocycles. The minimum atomic E-state index is 0.381. The zero-order chi connectivity index (χ0) is 8.55. The highest BCUT2D eigenvalue weighted by Crippen LogP contribution is 2.30. The Kier molecular flexibility index (Phi) is 2.01. The molecule has 0 bridgehead atoms. The van der Waals surface area contributed by atoms with Crippen molar-refractivity contribution < 1.29 is 4.74 Å². The molecule has 1 aromatic rings. The molecule has 0 N–H and O–H groups in total. The van der Waals surface area contributed by atoms with Crippen LogP contribution in [0, 0.1) is 0 Å². The first-order valence-corrected chi connectivity index (χ1v) is 4.35. The van der Waals surface area contributed by atoms with Gasteiger partial charge >= 0.3 is 0 Å². The van der Waals surface area contributed by atoms with Gasteiger partial charge in [0, 0.05) is 0 Å². The second-order valence-electron chi connectivity index (χ2n) is 3.01. The molecule has 0 amide bonds.